The summed E-state index contributed by atoms with van der Waals surface area (Å²) in [7, 11) is 0. The Morgan fingerprint density at radius 2 is 1.40 bits per heavy atom. The van der Waals surface area contributed by atoms with Gasteiger partial charge in [-0.25, -0.2) is 0 Å². The lowest BCUT2D eigenvalue weighted by atomic mass is 10.1. The third-order valence-electron chi connectivity index (χ3n) is 3.83. The van der Waals surface area contributed by atoms with Crippen molar-refractivity contribution in [1.29, 1.82) is 0 Å². The molecule has 1 atom stereocenters. The van der Waals surface area contributed by atoms with Crippen molar-refractivity contribution in [3.05, 3.63) is 5.21 Å². The quantitative estimate of drug-likeness (QED) is 0.160. The highest BCUT2D eigenvalue weighted by Gasteiger charge is 2.01. The number of nitrogens with one attached hydrogen (secondary N) is 1. The molecule has 0 aliphatic heterocycles. The molecule has 1 unspecified atom stereocenters. The zero-order valence-corrected chi connectivity index (χ0v) is 15.9. The Morgan fingerprint density at radius 3 is 1.76 bits per heavy atom. The monoisotopic (exact) mass is 364 g/mol. The molecule has 0 aliphatic carbocycles. The summed E-state index contributed by atoms with van der Waals surface area (Å²) in [6.45, 7) is 2.53. The minimum atomic E-state index is -1.52. The highest BCUT2D eigenvalue weighted by Crippen LogP contribution is 2.11. The van der Waals surface area contributed by atoms with Crippen molar-refractivity contribution in [3.8, 4) is 0 Å². The first-order valence-corrected chi connectivity index (χ1v) is 9.73. The van der Waals surface area contributed by atoms with E-state index in [0.29, 0.717) is 6.42 Å². The van der Waals surface area contributed by atoms with Crippen LogP contribution < -0.4 is 10.8 Å². The van der Waals surface area contributed by atoms with Crippen LogP contribution in [0.15, 0.2) is 0 Å². The molecule has 0 rings (SSSR count). The molecule has 0 aromatic rings. The number of aliphatic hydroxyl groups is 2. The van der Waals surface area contributed by atoms with Gasteiger partial charge in [-0.15, -0.1) is 0 Å². The fraction of sp³-hybridized carbons (Fsp3) is 0.944. The third-order valence-corrected chi connectivity index (χ3v) is 3.83. The molecule has 7 nitrogen and oxygen atoms in total. The van der Waals surface area contributed by atoms with E-state index in [1.165, 1.54) is 57.8 Å². The van der Waals surface area contributed by atoms with Crippen molar-refractivity contribution in [1.82, 2.24) is 0 Å². The topological polar surface area (TPSA) is 131 Å². The molecule has 0 heterocycles. The van der Waals surface area contributed by atoms with Crippen molar-refractivity contribution in [2.75, 3.05) is 19.6 Å². The molecule has 0 radical (unpaired) electrons. The molecule has 0 aliphatic rings. The summed E-state index contributed by atoms with van der Waals surface area (Å²) < 4.78 is 0. The highest BCUT2D eigenvalue weighted by molar-refractivity contribution is 5.66. The number of aliphatic hydroxyl groups excluding tert-OH is 1. The average Bonchev–Trinajstić information content (AvgIpc) is 2.52. The van der Waals surface area contributed by atoms with Gasteiger partial charge in [0.05, 0.1) is 6.54 Å². The van der Waals surface area contributed by atoms with Gasteiger partial charge in [0.15, 0.2) is 0 Å². The maximum atomic E-state index is 10.5. The Labute approximate surface area is 152 Å². The number of hydrogen-bond acceptors (Lipinski definition) is 5. The number of unbranched alkanes of at least 4 members (excludes halogenated alkanes) is 10. The summed E-state index contributed by atoms with van der Waals surface area (Å²) in [5.74, 6) is -0.657. The van der Waals surface area contributed by atoms with Crippen molar-refractivity contribution >= 4 is 5.97 Å². The number of nitrogens with two attached hydrogens (primary N) is 1. The second-order valence-corrected chi connectivity index (χ2v) is 6.44. The number of carboxylic acid groups (broad SMARTS) is 1. The second-order valence-electron chi connectivity index (χ2n) is 6.44. The van der Waals surface area contributed by atoms with Crippen LogP contribution in [0.25, 0.3) is 0 Å². The molecule has 6 N–H and O–H groups in total. The van der Waals surface area contributed by atoms with Gasteiger partial charge in [-0.2, -0.15) is 0 Å². The van der Waals surface area contributed by atoms with E-state index in [9.17, 15) is 10.0 Å². The molecular formula is C18H40N2O5. The number of carbonyl (C=O) groups is 1. The zero-order chi connectivity index (χ0) is 19.3. The molecule has 0 fully saturated rings. The predicted octanol–water partition coefficient (Wildman–Crippen LogP) is 1.41. The van der Waals surface area contributed by atoms with Crippen LogP contribution in [0.4, 0.5) is 0 Å². The fourth-order valence-corrected chi connectivity index (χ4v) is 2.41. The summed E-state index contributed by atoms with van der Waals surface area (Å²) >= 11 is 0. The molecule has 0 saturated carbocycles. The van der Waals surface area contributed by atoms with Crippen LogP contribution in [-0.4, -0.2) is 47.2 Å². The summed E-state index contributed by atoms with van der Waals surface area (Å²) in [5, 5.41) is 35.2. The van der Waals surface area contributed by atoms with Crippen LogP contribution in [0.1, 0.15) is 84.0 Å². The van der Waals surface area contributed by atoms with Crippen LogP contribution in [-0.2, 0) is 4.79 Å². The van der Waals surface area contributed by atoms with Crippen LogP contribution >= 0.6 is 0 Å². The molecule has 0 aromatic heterocycles. The van der Waals surface area contributed by atoms with Gasteiger partial charge in [-0.1, -0.05) is 71.1 Å². The lowest BCUT2D eigenvalue weighted by Crippen LogP contribution is -3.09. The Balaban J connectivity index is 0. The number of rotatable bonds is 16. The highest BCUT2D eigenvalue weighted by atomic mass is 16.5. The lowest BCUT2D eigenvalue weighted by Gasteiger charge is -2.21. The van der Waals surface area contributed by atoms with E-state index in [4.69, 9.17) is 21.1 Å². The van der Waals surface area contributed by atoms with E-state index >= 15 is 0 Å². The molecule has 7 heteroatoms. The van der Waals surface area contributed by atoms with Crippen LogP contribution in [0, 0.1) is 5.21 Å². The maximum absolute atomic E-state index is 10.5. The van der Waals surface area contributed by atoms with Crippen LogP contribution in [0.2, 0.25) is 0 Å². The van der Waals surface area contributed by atoms with E-state index in [0.717, 1.165) is 12.8 Å². The molecule has 0 amide bonds. The molecule has 0 saturated heterocycles. The van der Waals surface area contributed by atoms with Gasteiger partial charge < -0.3 is 31.3 Å². The first-order chi connectivity index (χ1) is 11.9. The minimum Gasteiger partial charge on any atom is -0.634 e. The smallest absolute Gasteiger partial charge is 0.303 e. The molecule has 152 valence electrons. The molecular weight excluding hydrogens is 324 g/mol. The first-order valence-electron chi connectivity index (χ1n) is 9.73. The summed E-state index contributed by atoms with van der Waals surface area (Å²) in [6, 6.07) is 0. The largest absolute Gasteiger partial charge is 0.634 e. The third kappa shape index (κ3) is 28.4. The standard InChI is InChI=1S/C14H28O2.C4H12N2O3/c1-2-3-4-5-6-7-8-9-10-11-12-13-14(15)16;5-1-2-6(9)3-4(7)8/h2-13H2,1H3,(H,15,16);4,6-8H,1-3,5H2. The van der Waals surface area contributed by atoms with Crippen molar-refractivity contribution in [2.45, 2.75) is 90.3 Å². The Kier molecular flexibility index (Phi) is 22.6. The normalized spacial score (nSPS) is 11.9. The molecule has 0 aromatic carbocycles. The number of hydroxylamine groups is 2. The number of quaternary nitrogens is 1. The van der Waals surface area contributed by atoms with Gasteiger partial charge >= 0.3 is 5.97 Å². The van der Waals surface area contributed by atoms with E-state index in [1.807, 2.05) is 0 Å². The van der Waals surface area contributed by atoms with Gasteiger partial charge in [-0.05, 0) is 6.42 Å². The second kappa shape index (κ2) is 21.3. The maximum Gasteiger partial charge on any atom is 0.303 e. The van der Waals surface area contributed by atoms with E-state index < -0.39 is 12.3 Å². The van der Waals surface area contributed by atoms with Gasteiger partial charge in [0.1, 0.15) is 6.54 Å². The molecule has 0 bridgehead atoms. The number of carboxylic acids is 1. The Hall–Kier alpha value is -0.730. The molecule has 25 heavy (non-hydrogen) atoms. The van der Waals surface area contributed by atoms with Crippen molar-refractivity contribution in [3.63, 3.8) is 0 Å². The van der Waals surface area contributed by atoms with Crippen molar-refractivity contribution in [2.24, 2.45) is 5.73 Å². The van der Waals surface area contributed by atoms with Gasteiger partial charge in [0.2, 0.25) is 6.29 Å². The van der Waals surface area contributed by atoms with Gasteiger partial charge in [-0.3, -0.25) is 4.79 Å². The fourth-order valence-electron chi connectivity index (χ4n) is 2.41. The average molecular weight is 365 g/mol. The zero-order valence-electron chi connectivity index (χ0n) is 15.9. The summed E-state index contributed by atoms with van der Waals surface area (Å²) in [6.07, 6.45) is 12.8. The van der Waals surface area contributed by atoms with Gasteiger partial charge in [0, 0.05) is 13.0 Å². The van der Waals surface area contributed by atoms with Crippen molar-refractivity contribution < 1.29 is 25.2 Å². The Morgan fingerprint density at radius 1 is 0.960 bits per heavy atom. The lowest BCUT2D eigenvalue weighted by molar-refractivity contribution is -0.853. The SMILES string of the molecule is CCCCCCCCCCCCCC(=O)O.NCC[NH+]([O-])CC(O)O. The minimum absolute atomic E-state index is 0.211. The summed E-state index contributed by atoms with van der Waals surface area (Å²) in [5.41, 5.74) is 5.02. The first kappa shape index (κ1) is 26.5. The van der Waals surface area contributed by atoms with E-state index in [-0.39, 0.29) is 24.7 Å². The summed E-state index contributed by atoms with van der Waals surface area (Å²) in [4.78, 5) is 10.3. The van der Waals surface area contributed by atoms with E-state index in [2.05, 4.69) is 6.92 Å². The van der Waals surface area contributed by atoms with Gasteiger partial charge in [0.25, 0.3) is 0 Å². The predicted molar refractivity (Wildman–Crippen MR) is 100 cm³/mol. The van der Waals surface area contributed by atoms with Crippen LogP contribution in [0.5, 0.6) is 0 Å². The Bertz CT molecular complexity index is 278. The number of hydrogen-bond donors (Lipinski definition) is 5. The van der Waals surface area contributed by atoms with Crippen LogP contribution in [0.3, 0.4) is 0 Å². The van der Waals surface area contributed by atoms with E-state index in [1.54, 1.807) is 0 Å². The molecule has 0 spiro atoms. The number of aliphatic carboxylic acids is 1.